The van der Waals surface area contributed by atoms with Crippen molar-refractivity contribution in [1.82, 2.24) is 5.32 Å². The molecule has 0 aromatic heterocycles. The Morgan fingerprint density at radius 2 is 1.79 bits per heavy atom. The largest absolute Gasteiger partial charge is 0.481 e. The average Bonchev–Trinajstić information content (AvgIpc) is 2.56. The van der Waals surface area contributed by atoms with Crippen LogP contribution in [0.2, 0.25) is 0 Å². The standard InChI is InChI=1S/C19H23NO4/c21-17(22)19-8-13-6-14(9-19)16(15(7-13)10-19)20-18(23)24-11-12-4-2-1-3-5-12/h1-5,13-16H,6-11H2,(H,20,23)(H,21,22). The molecule has 1 aromatic carbocycles. The summed E-state index contributed by atoms with van der Waals surface area (Å²) in [6, 6.07) is 9.67. The molecule has 4 bridgehead atoms. The zero-order chi connectivity index (χ0) is 16.7. The van der Waals surface area contributed by atoms with Gasteiger partial charge in [-0.1, -0.05) is 30.3 Å². The molecule has 1 amide bonds. The van der Waals surface area contributed by atoms with E-state index in [1.54, 1.807) is 0 Å². The van der Waals surface area contributed by atoms with Crippen LogP contribution in [0.5, 0.6) is 0 Å². The Morgan fingerprint density at radius 3 is 2.42 bits per heavy atom. The Hall–Kier alpha value is -2.04. The van der Waals surface area contributed by atoms with Crippen molar-refractivity contribution in [2.45, 2.75) is 44.8 Å². The monoisotopic (exact) mass is 329 g/mol. The minimum atomic E-state index is -0.646. The van der Waals surface area contributed by atoms with Gasteiger partial charge in [0.1, 0.15) is 6.61 Å². The Labute approximate surface area is 141 Å². The molecule has 1 aromatic rings. The molecule has 5 rings (SSSR count). The van der Waals surface area contributed by atoms with E-state index in [2.05, 4.69) is 5.32 Å². The van der Waals surface area contributed by atoms with Crippen LogP contribution >= 0.6 is 0 Å². The first-order valence-electron chi connectivity index (χ1n) is 8.76. The number of alkyl carbamates (subject to hydrolysis) is 1. The maximum Gasteiger partial charge on any atom is 0.407 e. The number of carboxylic acids is 1. The summed E-state index contributed by atoms with van der Waals surface area (Å²) in [5.41, 5.74) is 0.422. The Bertz CT molecular complexity index is 628. The molecular weight excluding hydrogens is 306 g/mol. The van der Waals surface area contributed by atoms with Crippen LogP contribution in [0.15, 0.2) is 30.3 Å². The predicted octanol–water partition coefficient (Wildman–Crippen LogP) is 3.19. The second-order valence-electron chi connectivity index (χ2n) is 7.79. The Kier molecular flexibility index (Phi) is 3.74. The molecule has 24 heavy (non-hydrogen) atoms. The molecule has 2 atom stereocenters. The van der Waals surface area contributed by atoms with Crippen molar-refractivity contribution in [2.75, 3.05) is 0 Å². The van der Waals surface area contributed by atoms with Gasteiger partial charge in [-0.2, -0.15) is 0 Å². The lowest BCUT2D eigenvalue weighted by molar-refractivity contribution is -0.167. The van der Waals surface area contributed by atoms with Gasteiger partial charge in [0, 0.05) is 6.04 Å². The summed E-state index contributed by atoms with van der Waals surface area (Å²) in [6.45, 7) is 0.260. The van der Waals surface area contributed by atoms with Crippen molar-refractivity contribution in [3.05, 3.63) is 35.9 Å². The summed E-state index contributed by atoms with van der Waals surface area (Å²) in [5.74, 6) is 0.414. The molecule has 0 spiro atoms. The van der Waals surface area contributed by atoms with E-state index in [1.807, 2.05) is 30.3 Å². The maximum atomic E-state index is 12.2. The molecule has 0 radical (unpaired) electrons. The van der Waals surface area contributed by atoms with E-state index in [4.69, 9.17) is 4.74 Å². The van der Waals surface area contributed by atoms with Crippen molar-refractivity contribution in [3.8, 4) is 0 Å². The van der Waals surface area contributed by atoms with E-state index in [9.17, 15) is 14.7 Å². The average molecular weight is 329 g/mol. The molecule has 5 heteroatoms. The van der Waals surface area contributed by atoms with E-state index in [0.29, 0.717) is 18.8 Å². The fraction of sp³-hybridized carbons (Fsp3) is 0.579. The number of nitrogens with one attached hydrogen (secondary N) is 1. The van der Waals surface area contributed by atoms with Gasteiger partial charge in [0.25, 0.3) is 0 Å². The minimum absolute atomic E-state index is 0.0669. The number of hydrogen-bond acceptors (Lipinski definition) is 3. The van der Waals surface area contributed by atoms with Crippen LogP contribution in [-0.2, 0) is 16.1 Å². The second-order valence-corrected chi connectivity index (χ2v) is 7.79. The highest BCUT2D eigenvalue weighted by atomic mass is 16.5. The Balaban J connectivity index is 1.38. The first kappa shape index (κ1) is 15.5. The maximum absolute atomic E-state index is 12.2. The number of hydrogen-bond donors (Lipinski definition) is 2. The van der Waals surface area contributed by atoms with Crippen LogP contribution in [0.4, 0.5) is 4.79 Å². The molecule has 4 saturated carbocycles. The normalized spacial score (nSPS) is 36.3. The summed E-state index contributed by atoms with van der Waals surface area (Å²) in [4.78, 5) is 23.9. The van der Waals surface area contributed by atoms with Crippen molar-refractivity contribution in [2.24, 2.45) is 23.2 Å². The highest BCUT2D eigenvalue weighted by molar-refractivity contribution is 5.75. The third kappa shape index (κ3) is 2.66. The van der Waals surface area contributed by atoms with Crippen molar-refractivity contribution in [1.29, 1.82) is 0 Å². The summed E-state index contributed by atoms with van der Waals surface area (Å²) >= 11 is 0. The fourth-order valence-electron chi connectivity index (χ4n) is 5.42. The zero-order valence-corrected chi connectivity index (χ0v) is 13.6. The van der Waals surface area contributed by atoms with Gasteiger partial charge in [0.2, 0.25) is 0 Å². The second kappa shape index (κ2) is 5.80. The van der Waals surface area contributed by atoms with Crippen LogP contribution in [-0.4, -0.2) is 23.2 Å². The zero-order valence-electron chi connectivity index (χ0n) is 13.6. The molecule has 0 aliphatic heterocycles. The quantitative estimate of drug-likeness (QED) is 0.889. The summed E-state index contributed by atoms with van der Waals surface area (Å²) in [6.07, 6.45) is 3.89. The molecule has 128 valence electrons. The molecule has 2 unspecified atom stereocenters. The number of carbonyl (C=O) groups is 2. The third-order valence-electron chi connectivity index (χ3n) is 6.22. The molecule has 2 N–H and O–H groups in total. The molecular formula is C19H23NO4. The summed E-state index contributed by atoms with van der Waals surface area (Å²) < 4.78 is 5.34. The van der Waals surface area contributed by atoms with E-state index < -0.39 is 11.4 Å². The number of rotatable bonds is 4. The minimum Gasteiger partial charge on any atom is -0.481 e. The highest BCUT2D eigenvalue weighted by Gasteiger charge is 2.59. The van der Waals surface area contributed by atoms with Crippen molar-refractivity contribution in [3.63, 3.8) is 0 Å². The molecule has 5 nitrogen and oxygen atoms in total. The van der Waals surface area contributed by atoms with Gasteiger partial charge in [0.05, 0.1) is 5.41 Å². The van der Waals surface area contributed by atoms with Crippen LogP contribution in [0.1, 0.15) is 37.7 Å². The molecule has 0 saturated heterocycles. The van der Waals surface area contributed by atoms with Crippen LogP contribution < -0.4 is 5.32 Å². The number of benzene rings is 1. The van der Waals surface area contributed by atoms with Gasteiger partial charge in [-0.05, 0) is 55.4 Å². The van der Waals surface area contributed by atoms with E-state index >= 15 is 0 Å². The summed E-state index contributed by atoms with van der Waals surface area (Å²) in [5, 5.41) is 12.7. The lowest BCUT2D eigenvalue weighted by Gasteiger charge is -2.58. The smallest absolute Gasteiger partial charge is 0.407 e. The molecule has 4 aliphatic carbocycles. The van der Waals surface area contributed by atoms with Gasteiger partial charge in [-0.25, -0.2) is 4.79 Å². The van der Waals surface area contributed by atoms with Crippen molar-refractivity contribution >= 4 is 12.1 Å². The van der Waals surface area contributed by atoms with Crippen LogP contribution in [0.25, 0.3) is 0 Å². The lowest BCUT2D eigenvalue weighted by atomic mass is 9.48. The van der Waals surface area contributed by atoms with Crippen molar-refractivity contribution < 1.29 is 19.4 Å². The summed E-state index contributed by atoms with van der Waals surface area (Å²) in [7, 11) is 0. The fourth-order valence-corrected chi connectivity index (χ4v) is 5.42. The highest BCUT2D eigenvalue weighted by Crippen LogP contribution is 2.60. The van der Waals surface area contributed by atoms with Crippen LogP contribution in [0, 0.1) is 23.2 Å². The number of ether oxygens (including phenoxy) is 1. The van der Waals surface area contributed by atoms with Gasteiger partial charge < -0.3 is 15.2 Å². The van der Waals surface area contributed by atoms with Gasteiger partial charge >= 0.3 is 12.1 Å². The number of aliphatic carboxylic acids is 1. The molecule has 0 heterocycles. The van der Waals surface area contributed by atoms with Gasteiger partial charge in [0.15, 0.2) is 0 Å². The predicted molar refractivity (Wildman–Crippen MR) is 87.2 cm³/mol. The molecule has 4 fully saturated rings. The first-order valence-corrected chi connectivity index (χ1v) is 8.76. The van der Waals surface area contributed by atoms with E-state index in [1.165, 1.54) is 0 Å². The van der Waals surface area contributed by atoms with Gasteiger partial charge in [-0.15, -0.1) is 0 Å². The number of carboxylic acid groups (broad SMARTS) is 1. The number of carbonyl (C=O) groups excluding carboxylic acids is 1. The Morgan fingerprint density at radius 1 is 1.12 bits per heavy atom. The lowest BCUT2D eigenvalue weighted by Crippen LogP contribution is -2.61. The molecule has 4 aliphatic rings. The van der Waals surface area contributed by atoms with Crippen LogP contribution in [0.3, 0.4) is 0 Å². The van der Waals surface area contributed by atoms with Gasteiger partial charge in [-0.3, -0.25) is 4.79 Å². The SMILES string of the molecule is O=C(NC1C2CC3CC1CC(C(=O)O)(C3)C2)OCc1ccccc1. The first-order chi connectivity index (χ1) is 11.6. The topological polar surface area (TPSA) is 75.6 Å². The van der Waals surface area contributed by atoms with E-state index in [0.717, 1.165) is 24.8 Å². The third-order valence-corrected chi connectivity index (χ3v) is 6.22. The number of amides is 1. The van der Waals surface area contributed by atoms with E-state index in [-0.39, 0.29) is 30.6 Å².